The molecule has 2 aliphatic rings. The zero-order valence-electron chi connectivity index (χ0n) is 15.1. The molecule has 0 fully saturated rings. The molecule has 0 saturated carbocycles. The van der Waals surface area contributed by atoms with Crippen molar-refractivity contribution in [3.63, 3.8) is 0 Å². The molecule has 2 aliphatic carbocycles. The van der Waals surface area contributed by atoms with Gasteiger partial charge in [-0.05, 0) is 0 Å². The van der Waals surface area contributed by atoms with Crippen LogP contribution in [0.2, 0.25) is 0 Å². The van der Waals surface area contributed by atoms with E-state index in [4.69, 9.17) is 0 Å². The Labute approximate surface area is 161 Å². The van der Waals surface area contributed by atoms with Gasteiger partial charge in [-0.15, -0.1) is 0 Å². The van der Waals surface area contributed by atoms with Gasteiger partial charge in [-0.3, -0.25) is 0 Å². The summed E-state index contributed by atoms with van der Waals surface area (Å²) in [5, 5.41) is 0. The summed E-state index contributed by atoms with van der Waals surface area (Å²) in [6, 6.07) is 9.10. The number of hydrogen-bond donors (Lipinski definition) is 0. The Hall–Kier alpha value is -0.781. The second-order valence-corrected chi connectivity index (χ2v) is 10.1. The van der Waals surface area contributed by atoms with Crippen LogP contribution in [-0.2, 0) is 5.41 Å². The van der Waals surface area contributed by atoms with Crippen LogP contribution >= 0.6 is 0 Å². The maximum absolute atomic E-state index is 3.30. The molecule has 0 heterocycles. The Bertz CT molecular complexity index is 807. The van der Waals surface area contributed by atoms with Crippen LogP contribution in [0.15, 0.2) is 53.6 Å². The predicted molar refractivity (Wildman–Crippen MR) is 109 cm³/mol. The first kappa shape index (κ1) is 18.0. The van der Waals surface area contributed by atoms with Gasteiger partial charge in [0.1, 0.15) is 0 Å². The molecular formula is C22H24Se2. The van der Waals surface area contributed by atoms with E-state index in [-0.39, 0.29) is 10.8 Å². The molecular weight excluding hydrogens is 422 g/mol. The van der Waals surface area contributed by atoms with Crippen LogP contribution < -0.4 is 0 Å². The quantitative estimate of drug-likeness (QED) is 0.563. The summed E-state index contributed by atoms with van der Waals surface area (Å²) in [7, 11) is 0. The maximum atomic E-state index is 3.30. The monoisotopic (exact) mass is 448 g/mol. The fourth-order valence-corrected chi connectivity index (χ4v) is 4.76. The number of benzene rings is 1. The van der Waals surface area contributed by atoms with Crippen molar-refractivity contribution < 1.29 is 0 Å². The Morgan fingerprint density at radius 1 is 0.958 bits per heavy atom. The van der Waals surface area contributed by atoms with Gasteiger partial charge in [0.2, 0.25) is 0 Å². The van der Waals surface area contributed by atoms with Gasteiger partial charge < -0.3 is 0 Å². The first-order valence-corrected chi connectivity index (χ1v) is 10.2. The second-order valence-electron chi connectivity index (χ2n) is 8.35. The summed E-state index contributed by atoms with van der Waals surface area (Å²) in [5.74, 6) is 0. The fraction of sp³-hybridized carbons (Fsp3) is 0.364. The van der Waals surface area contributed by atoms with Crippen molar-refractivity contribution in [2.45, 2.75) is 46.5 Å². The molecule has 1 aromatic rings. The van der Waals surface area contributed by atoms with Gasteiger partial charge in [0, 0.05) is 0 Å². The van der Waals surface area contributed by atoms with Gasteiger partial charge in [-0.1, -0.05) is 0 Å². The summed E-state index contributed by atoms with van der Waals surface area (Å²) in [4.78, 5) is 0. The minimum absolute atomic E-state index is 0.157. The van der Waals surface area contributed by atoms with Gasteiger partial charge in [0.05, 0.1) is 0 Å². The molecule has 0 bridgehead atoms. The van der Waals surface area contributed by atoms with E-state index in [2.05, 4.69) is 108 Å². The zero-order chi connectivity index (χ0) is 17.7. The SMILES string of the molecule is CC1(C)CC=C(c2ccc(C(C)(C)C)cc2)C2=C1C(=[Se])C(=[Se])C=C2. The molecule has 0 atom stereocenters. The molecule has 0 saturated heterocycles. The Balaban J connectivity index is 2.08. The summed E-state index contributed by atoms with van der Waals surface area (Å²) in [6.45, 7) is 11.5. The average Bonchev–Trinajstić information content (AvgIpc) is 2.50. The number of hydrogen-bond acceptors (Lipinski definition) is 0. The normalized spacial score (nSPS) is 20.1. The second kappa shape index (κ2) is 6.18. The van der Waals surface area contributed by atoms with Crippen molar-refractivity contribution in [2.24, 2.45) is 5.41 Å². The van der Waals surface area contributed by atoms with Crippen molar-refractivity contribution in [3.8, 4) is 0 Å². The summed E-state index contributed by atoms with van der Waals surface area (Å²) >= 11 is 6.48. The summed E-state index contributed by atoms with van der Waals surface area (Å²) in [6.07, 6.45) is 7.93. The molecule has 24 heavy (non-hydrogen) atoms. The summed E-state index contributed by atoms with van der Waals surface area (Å²) in [5.41, 5.74) is 7.21. The molecule has 2 heteroatoms. The zero-order valence-corrected chi connectivity index (χ0v) is 18.5. The minimum atomic E-state index is 0.157. The Morgan fingerprint density at radius 2 is 1.58 bits per heavy atom. The number of rotatable bonds is 1. The van der Waals surface area contributed by atoms with Gasteiger partial charge >= 0.3 is 162 Å². The van der Waals surface area contributed by atoms with Crippen molar-refractivity contribution in [3.05, 3.63) is 64.8 Å². The van der Waals surface area contributed by atoms with E-state index in [1.165, 1.54) is 36.7 Å². The van der Waals surface area contributed by atoms with Crippen LogP contribution in [0.5, 0.6) is 0 Å². The molecule has 0 amide bonds. The van der Waals surface area contributed by atoms with E-state index in [1.807, 2.05) is 0 Å². The van der Waals surface area contributed by atoms with E-state index >= 15 is 0 Å². The van der Waals surface area contributed by atoms with E-state index in [1.54, 1.807) is 0 Å². The van der Waals surface area contributed by atoms with E-state index in [0.717, 1.165) is 6.42 Å². The number of allylic oxidation sites excluding steroid dienone is 6. The van der Waals surface area contributed by atoms with Crippen LogP contribution in [0.25, 0.3) is 5.57 Å². The van der Waals surface area contributed by atoms with Crippen molar-refractivity contribution in [1.82, 2.24) is 0 Å². The van der Waals surface area contributed by atoms with Crippen molar-refractivity contribution >= 4 is 45.6 Å². The third-order valence-corrected chi connectivity index (χ3v) is 7.23. The van der Waals surface area contributed by atoms with Crippen molar-refractivity contribution in [1.29, 1.82) is 0 Å². The molecule has 1 aromatic carbocycles. The van der Waals surface area contributed by atoms with Gasteiger partial charge in [0.15, 0.2) is 0 Å². The topological polar surface area (TPSA) is 0 Å². The van der Waals surface area contributed by atoms with Crippen LogP contribution in [0.3, 0.4) is 0 Å². The first-order chi connectivity index (χ1) is 11.1. The Morgan fingerprint density at radius 3 is 2.17 bits per heavy atom. The van der Waals surface area contributed by atoms with Gasteiger partial charge in [-0.25, -0.2) is 0 Å². The molecule has 124 valence electrons. The van der Waals surface area contributed by atoms with Crippen molar-refractivity contribution in [2.75, 3.05) is 0 Å². The predicted octanol–water partition coefficient (Wildman–Crippen LogP) is 4.35. The first-order valence-electron chi connectivity index (χ1n) is 8.44. The van der Waals surface area contributed by atoms with Crippen LogP contribution in [0.4, 0.5) is 0 Å². The van der Waals surface area contributed by atoms with Crippen LogP contribution in [-0.4, -0.2) is 40.0 Å². The Kier molecular flexibility index (Phi) is 4.64. The molecule has 0 nitrogen and oxygen atoms in total. The molecule has 0 N–H and O–H groups in total. The molecule has 0 unspecified atom stereocenters. The van der Waals surface area contributed by atoms with Gasteiger partial charge in [0.25, 0.3) is 0 Å². The molecule has 0 spiro atoms. The third-order valence-electron chi connectivity index (χ3n) is 4.97. The standard InChI is InChI=1S/C22H24Se2/c1-21(2,3)15-8-6-14(7-9-15)16-12-13-22(4,5)19-17(16)10-11-18(23)20(19)24/h6-12H,13H2,1-5H3. The average molecular weight is 446 g/mol. The molecule has 3 rings (SSSR count). The van der Waals surface area contributed by atoms with E-state index in [9.17, 15) is 0 Å². The van der Waals surface area contributed by atoms with E-state index < -0.39 is 0 Å². The third kappa shape index (κ3) is 3.18. The van der Waals surface area contributed by atoms with Crippen LogP contribution in [0, 0.1) is 5.41 Å². The van der Waals surface area contributed by atoms with E-state index in [0.29, 0.717) is 0 Å². The summed E-state index contributed by atoms with van der Waals surface area (Å²) < 4.78 is 2.49. The molecule has 0 radical (unpaired) electrons. The fourth-order valence-electron chi connectivity index (χ4n) is 3.45. The van der Waals surface area contributed by atoms with Gasteiger partial charge in [-0.2, -0.15) is 0 Å². The molecule has 0 aromatic heterocycles. The van der Waals surface area contributed by atoms with Crippen LogP contribution in [0.1, 0.15) is 52.2 Å². The molecule has 0 aliphatic heterocycles.